The molecule has 1 aromatic rings. The van der Waals surface area contributed by atoms with Crippen molar-refractivity contribution in [2.75, 3.05) is 17.3 Å². The van der Waals surface area contributed by atoms with E-state index in [0.717, 1.165) is 24.3 Å². The summed E-state index contributed by atoms with van der Waals surface area (Å²) in [5, 5.41) is 14.1. The Morgan fingerprint density at radius 3 is 2.70 bits per heavy atom. The van der Waals surface area contributed by atoms with Crippen molar-refractivity contribution in [3.05, 3.63) is 29.6 Å². The second kappa shape index (κ2) is 7.74. The van der Waals surface area contributed by atoms with Gasteiger partial charge in [0.25, 0.3) is 0 Å². The van der Waals surface area contributed by atoms with Crippen molar-refractivity contribution in [1.82, 2.24) is 5.32 Å². The fraction of sp³-hybridized carbons (Fsp3) is 0.385. The van der Waals surface area contributed by atoms with Gasteiger partial charge in [-0.15, -0.1) is 0 Å². The molecule has 7 heteroatoms. The molecule has 20 heavy (non-hydrogen) atoms. The fourth-order valence-electron chi connectivity index (χ4n) is 1.61. The first-order chi connectivity index (χ1) is 9.47. The average molecular weight is 300 g/mol. The molecule has 5 nitrogen and oxygen atoms in total. The molecule has 110 valence electrons. The smallest absolute Gasteiger partial charge is 0.337 e. The van der Waals surface area contributed by atoms with Crippen LogP contribution in [-0.2, 0) is 0 Å². The standard InChI is InChI=1S/C13H17FN2O3S/c1-3-9(7-20-2)15-13(19)16-11-5-4-8(14)6-10(11)12(17)18/h4-6,9H,3,7H2,1-2H3,(H,17,18)(H2,15,16,19). The predicted octanol–water partition coefficient (Wildman–Crippen LogP) is 2.79. The normalized spacial score (nSPS) is 11.8. The summed E-state index contributed by atoms with van der Waals surface area (Å²) in [6.45, 7) is 1.95. The van der Waals surface area contributed by atoms with Gasteiger partial charge in [0, 0.05) is 11.8 Å². The predicted molar refractivity (Wildman–Crippen MR) is 78.0 cm³/mol. The molecule has 1 unspecified atom stereocenters. The van der Waals surface area contributed by atoms with Crippen LogP contribution in [0.5, 0.6) is 0 Å². The van der Waals surface area contributed by atoms with Crippen LogP contribution in [0.4, 0.5) is 14.9 Å². The van der Waals surface area contributed by atoms with Crippen molar-refractivity contribution in [2.45, 2.75) is 19.4 Å². The van der Waals surface area contributed by atoms with E-state index in [2.05, 4.69) is 10.6 Å². The Labute approximate surface area is 120 Å². The van der Waals surface area contributed by atoms with Crippen molar-refractivity contribution < 1.29 is 19.1 Å². The summed E-state index contributed by atoms with van der Waals surface area (Å²) in [5.74, 6) is -1.20. The number of thioether (sulfide) groups is 1. The zero-order chi connectivity index (χ0) is 15.1. The van der Waals surface area contributed by atoms with Gasteiger partial charge in [-0.05, 0) is 30.9 Å². The number of urea groups is 1. The molecule has 0 radical (unpaired) electrons. The summed E-state index contributed by atoms with van der Waals surface area (Å²) in [4.78, 5) is 22.8. The molecule has 3 N–H and O–H groups in total. The van der Waals surface area contributed by atoms with E-state index in [1.165, 1.54) is 6.07 Å². The lowest BCUT2D eigenvalue weighted by Crippen LogP contribution is -2.39. The first-order valence-electron chi connectivity index (χ1n) is 6.07. The zero-order valence-corrected chi connectivity index (χ0v) is 12.1. The molecule has 1 aromatic carbocycles. The molecule has 0 spiro atoms. The Bertz CT molecular complexity index is 497. The Morgan fingerprint density at radius 1 is 1.45 bits per heavy atom. The summed E-state index contributed by atoms with van der Waals surface area (Å²) >= 11 is 1.61. The van der Waals surface area contributed by atoms with Gasteiger partial charge in [0.05, 0.1) is 11.3 Å². The second-order valence-corrected chi connectivity index (χ2v) is 5.06. The second-order valence-electron chi connectivity index (χ2n) is 4.15. The first-order valence-corrected chi connectivity index (χ1v) is 7.46. The van der Waals surface area contributed by atoms with Crippen LogP contribution in [0, 0.1) is 5.82 Å². The summed E-state index contributed by atoms with van der Waals surface area (Å²) in [5.41, 5.74) is -0.214. The van der Waals surface area contributed by atoms with E-state index < -0.39 is 17.8 Å². The molecule has 0 aromatic heterocycles. The highest BCUT2D eigenvalue weighted by Gasteiger charge is 2.15. The summed E-state index contributed by atoms with van der Waals surface area (Å²) in [7, 11) is 0. The van der Waals surface area contributed by atoms with E-state index in [1.807, 2.05) is 13.2 Å². The summed E-state index contributed by atoms with van der Waals surface area (Å²) < 4.78 is 13.0. The Hall–Kier alpha value is -1.76. The number of aromatic carboxylic acids is 1. The number of halogens is 1. The van der Waals surface area contributed by atoms with Crippen LogP contribution < -0.4 is 10.6 Å². The molecule has 2 amide bonds. The lowest BCUT2D eigenvalue weighted by Gasteiger charge is -2.17. The molecule has 0 bridgehead atoms. The number of rotatable bonds is 6. The average Bonchev–Trinajstić information content (AvgIpc) is 2.40. The number of benzene rings is 1. The molecule has 0 aliphatic carbocycles. The van der Waals surface area contributed by atoms with Gasteiger partial charge in [-0.1, -0.05) is 6.92 Å². The highest BCUT2D eigenvalue weighted by molar-refractivity contribution is 7.98. The van der Waals surface area contributed by atoms with E-state index in [1.54, 1.807) is 11.8 Å². The Morgan fingerprint density at radius 2 is 2.15 bits per heavy atom. The molecule has 0 aliphatic heterocycles. The van der Waals surface area contributed by atoms with Gasteiger partial charge in [0.15, 0.2) is 0 Å². The number of carbonyl (C=O) groups is 2. The molecule has 0 fully saturated rings. The third-order valence-electron chi connectivity index (χ3n) is 2.66. The lowest BCUT2D eigenvalue weighted by atomic mass is 10.1. The maximum Gasteiger partial charge on any atom is 0.337 e. The van der Waals surface area contributed by atoms with Crippen LogP contribution in [0.25, 0.3) is 0 Å². The van der Waals surface area contributed by atoms with E-state index >= 15 is 0 Å². The van der Waals surface area contributed by atoms with Gasteiger partial charge < -0.3 is 15.7 Å². The van der Waals surface area contributed by atoms with Crippen LogP contribution in [0.2, 0.25) is 0 Å². The Kier molecular flexibility index (Phi) is 6.30. The van der Waals surface area contributed by atoms with Crippen molar-refractivity contribution in [2.24, 2.45) is 0 Å². The molecule has 1 atom stereocenters. The molecule has 0 saturated heterocycles. The van der Waals surface area contributed by atoms with Crippen LogP contribution in [0.1, 0.15) is 23.7 Å². The molecular formula is C13H17FN2O3S. The summed E-state index contributed by atoms with van der Waals surface area (Å²) in [6.07, 6.45) is 2.70. The number of carboxylic acid groups (broad SMARTS) is 1. The van der Waals surface area contributed by atoms with Gasteiger partial charge in [0.2, 0.25) is 0 Å². The van der Waals surface area contributed by atoms with E-state index in [-0.39, 0.29) is 17.3 Å². The number of carbonyl (C=O) groups excluding carboxylic acids is 1. The van der Waals surface area contributed by atoms with Crippen LogP contribution in [0.3, 0.4) is 0 Å². The quantitative estimate of drug-likeness (QED) is 0.755. The highest BCUT2D eigenvalue weighted by atomic mass is 32.2. The minimum absolute atomic E-state index is 0.00118. The van der Waals surface area contributed by atoms with Crippen LogP contribution in [-0.4, -0.2) is 35.2 Å². The maximum atomic E-state index is 13.0. The largest absolute Gasteiger partial charge is 0.478 e. The monoisotopic (exact) mass is 300 g/mol. The molecule has 0 aliphatic rings. The van der Waals surface area contributed by atoms with Gasteiger partial charge in [0.1, 0.15) is 5.82 Å². The topological polar surface area (TPSA) is 78.4 Å². The molecular weight excluding hydrogens is 283 g/mol. The number of nitrogens with one attached hydrogen (secondary N) is 2. The van der Waals surface area contributed by atoms with Crippen molar-refractivity contribution >= 4 is 29.4 Å². The number of carboxylic acids is 1. The maximum absolute atomic E-state index is 13.0. The van der Waals surface area contributed by atoms with Crippen LogP contribution >= 0.6 is 11.8 Å². The third kappa shape index (κ3) is 4.73. The fourth-order valence-corrected chi connectivity index (χ4v) is 2.33. The SMILES string of the molecule is CCC(CSC)NC(=O)Nc1ccc(F)cc1C(=O)O. The van der Waals surface area contributed by atoms with Crippen LogP contribution in [0.15, 0.2) is 18.2 Å². The van der Waals surface area contributed by atoms with E-state index in [4.69, 9.17) is 5.11 Å². The Balaban J connectivity index is 2.77. The summed E-state index contributed by atoms with van der Waals surface area (Å²) in [6, 6.07) is 2.70. The minimum atomic E-state index is -1.30. The first kappa shape index (κ1) is 16.3. The van der Waals surface area contributed by atoms with Gasteiger partial charge >= 0.3 is 12.0 Å². The third-order valence-corrected chi connectivity index (χ3v) is 3.39. The number of hydrogen-bond donors (Lipinski definition) is 3. The lowest BCUT2D eigenvalue weighted by molar-refractivity contribution is 0.0697. The number of anilines is 1. The number of amides is 2. The van der Waals surface area contributed by atoms with Crippen molar-refractivity contribution in [3.8, 4) is 0 Å². The minimum Gasteiger partial charge on any atom is -0.478 e. The molecule has 0 heterocycles. The highest BCUT2D eigenvalue weighted by Crippen LogP contribution is 2.17. The van der Waals surface area contributed by atoms with E-state index in [0.29, 0.717) is 0 Å². The molecule has 0 saturated carbocycles. The van der Waals surface area contributed by atoms with Gasteiger partial charge in [-0.3, -0.25) is 0 Å². The molecule has 1 rings (SSSR count). The van der Waals surface area contributed by atoms with Gasteiger partial charge in [-0.2, -0.15) is 11.8 Å². The zero-order valence-electron chi connectivity index (χ0n) is 11.3. The van der Waals surface area contributed by atoms with Crippen molar-refractivity contribution in [3.63, 3.8) is 0 Å². The van der Waals surface area contributed by atoms with E-state index in [9.17, 15) is 14.0 Å². The number of hydrogen-bond acceptors (Lipinski definition) is 3. The van der Waals surface area contributed by atoms with Crippen molar-refractivity contribution in [1.29, 1.82) is 0 Å². The van der Waals surface area contributed by atoms with Gasteiger partial charge in [-0.25, -0.2) is 14.0 Å².